The van der Waals surface area contributed by atoms with Crippen molar-refractivity contribution in [2.24, 2.45) is 0 Å². The maximum atomic E-state index is 11.7. The average Bonchev–Trinajstić information content (AvgIpc) is 2.67. The number of fused-ring (bicyclic) bond motifs is 1. The zero-order chi connectivity index (χ0) is 18.2. The van der Waals surface area contributed by atoms with E-state index < -0.39 is 10.0 Å². The number of nitrogens with one attached hydrogen (secondary N) is 1. The normalized spacial score (nSPS) is 18.5. The molecule has 25 heavy (non-hydrogen) atoms. The second kappa shape index (κ2) is 7.42. The summed E-state index contributed by atoms with van der Waals surface area (Å²) in [5, 5.41) is 0.440. The minimum atomic E-state index is -3.38. The van der Waals surface area contributed by atoms with Gasteiger partial charge in [-0.1, -0.05) is 29.8 Å². The number of hydrogen-bond donors (Lipinski definition) is 1. The van der Waals surface area contributed by atoms with Gasteiger partial charge in [-0.15, -0.1) is 0 Å². The van der Waals surface area contributed by atoms with Crippen molar-refractivity contribution < 1.29 is 8.42 Å². The maximum absolute atomic E-state index is 11.7. The van der Waals surface area contributed by atoms with Crippen molar-refractivity contribution in [1.82, 2.24) is 4.90 Å². The molecule has 2 aromatic carbocycles. The standard InChI is InChI=1S/C18H20ClIN2O2S/c1-22-8-7-12-9-16(19)18(21-25(2,23)24)10-14(12)15(11-22)13-5-3-4-6-17(13)20/h3-6,9-10,15,21H,7-8,11H2,1-2H3/t15-/m0/s1. The second-order valence-electron chi connectivity index (χ2n) is 6.49. The molecule has 0 aromatic heterocycles. The first-order chi connectivity index (χ1) is 11.7. The van der Waals surface area contributed by atoms with Crippen LogP contribution in [0.15, 0.2) is 36.4 Å². The van der Waals surface area contributed by atoms with Crippen LogP contribution < -0.4 is 4.72 Å². The van der Waals surface area contributed by atoms with E-state index in [1.165, 1.54) is 14.7 Å². The summed E-state index contributed by atoms with van der Waals surface area (Å²) in [6.45, 7) is 1.83. The fraction of sp³-hybridized carbons (Fsp3) is 0.333. The number of sulfonamides is 1. The Balaban J connectivity index is 2.15. The van der Waals surface area contributed by atoms with Gasteiger partial charge in [0.25, 0.3) is 0 Å². The lowest BCUT2D eigenvalue weighted by Gasteiger charge is -2.24. The van der Waals surface area contributed by atoms with Crippen LogP contribution in [-0.4, -0.2) is 39.7 Å². The summed E-state index contributed by atoms with van der Waals surface area (Å²) in [6.07, 6.45) is 2.03. The van der Waals surface area contributed by atoms with Crippen molar-refractivity contribution in [2.45, 2.75) is 12.3 Å². The molecule has 3 rings (SSSR count). The molecule has 4 nitrogen and oxygen atoms in total. The molecule has 0 spiro atoms. The lowest BCUT2D eigenvalue weighted by molar-refractivity contribution is 0.337. The second-order valence-corrected chi connectivity index (χ2v) is 9.81. The molecule has 0 saturated carbocycles. The van der Waals surface area contributed by atoms with E-state index in [2.05, 4.69) is 51.4 Å². The van der Waals surface area contributed by atoms with Crippen molar-refractivity contribution in [3.05, 3.63) is 61.7 Å². The Morgan fingerprint density at radius 2 is 1.96 bits per heavy atom. The number of anilines is 1. The van der Waals surface area contributed by atoms with Gasteiger partial charge >= 0.3 is 0 Å². The average molecular weight is 491 g/mol. The van der Waals surface area contributed by atoms with E-state index in [0.717, 1.165) is 31.3 Å². The smallest absolute Gasteiger partial charge is 0.229 e. The van der Waals surface area contributed by atoms with Gasteiger partial charge in [0.2, 0.25) is 10.0 Å². The van der Waals surface area contributed by atoms with Gasteiger partial charge in [-0.2, -0.15) is 0 Å². The number of halogens is 2. The Kier molecular flexibility index (Phi) is 5.63. The van der Waals surface area contributed by atoms with Crippen molar-refractivity contribution in [1.29, 1.82) is 0 Å². The number of rotatable bonds is 3. The van der Waals surface area contributed by atoms with Crippen molar-refractivity contribution in [3.63, 3.8) is 0 Å². The lowest BCUT2D eigenvalue weighted by atomic mass is 9.87. The van der Waals surface area contributed by atoms with Crippen molar-refractivity contribution in [3.8, 4) is 0 Å². The zero-order valence-electron chi connectivity index (χ0n) is 14.1. The molecule has 1 aliphatic rings. The molecule has 0 fully saturated rings. The summed E-state index contributed by atoms with van der Waals surface area (Å²) in [5.74, 6) is 0.174. The molecule has 0 amide bonds. The molecule has 0 saturated heterocycles. The first-order valence-electron chi connectivity index (χ1n) is 7.97. The molecule has 1 atom stereocenters. The van der Waals surface area contributed by atoms with E-state index in [1.807, 2.05) is 24.3 Å². The maximum Gasteiger partial charge on any atom is 0.229 e. The Morgan fingerprint density at radius 3 is 2.64 bits per heavy atom. The largest absolute Gasteiger partial charge is 0.305 e. The third-order valence-corrected chi connectivity index (χ3v) is 6.32. The molecule has 2 aromatic rings. The van der Waals surface area contributed by atoms with Crippen molar-refractivity contribution in [2.75, 3.05) is 31.1 Å². The highest BCUT2D eigenvalue weighted by Gasteiger charge is 2.26. The van der Waals surface area contributed by atoms with Gasteiger partial charge in [-0.25, -0.2) is 8.42 Å². The molecule has 0 radical (unpaired) electrons. The van der Waals surface area contributed by atoms with Gasteiger partial charge in [0, 0.05) is 22.6 Å². The van der Waals surface area contributed by atoms with Crippen LogP contribution in [0.5, 0.6) is 0 Å². The van der Waals surface area contributed by atoms with E-state index in [-0.39, 0.29) is 5.92 Å². The predicted octanol–water partition coefficient (Wildman–Crippen LogP) is 3.94. The molecule has 1 heterocycles. The monoisotopic (exact) mass is 490 g/mol. The van der Waals surface area contributed by atoms with Gasteiger partial charge in [0.1, 0.15) is 0 Å². The fourth-order valence-corrected chi connectivity index (χ4v) is 4.91. The minimum Gasteiger partial charge on any atom is -0.305 e. The molecule has 0 aliphatic carbocycles. The van der Waals surface area contributed by atoms with Crippen LogP contribution in [0, 0.1) is 3.57 Å². The SMILES string of the molecule is CN1CCc2cc(Cl)c(NS(C)(=O)=O)cc2[C@H](c2ccccc2I)C1. The molecule has 7 heteroatoms. The summed E-state index contributed by atoms with van der Waals surface area (Å²) in [5.41, 5.74) is 4.02. The third-order valence-electron chi connectivity index (χ3n) is 4.44. The number of hydrogen-bond acceptors (Lipinski definition) is 3. The summed E-state index contributed by atoms with van der Waals surface area (Å²) < 4.78 is 27.1. The van der Waals surface area contributed by atoms with Gasteiger partial charge in [0.15, 0.2) is 0 Å². The summed E-state index contributed by atoms with van der Waals surface area (Å²) in [4.78, 5) is 2.31. The molecular weight excluding hydrogens is 471 g/mol. The van der Waals surface area contributed by atoms with Crippen LogP contribution in [0.2, 0.25) is 5.02 Å². The molecule has 0 unspecified atom stereocenters. The first kappa shape index (κ1) is 18.9. The minimum absolute atomic E-state index is 0.174. The van der Waals surface area contributed by atoms with Crippen molar-refractivity contribution >= 4 is 49.9 Å². The van der Waals surface area contributed by atoms with Crippen LogP contribution in [0.4, 0.5) is 5.69 Å². The Labute approximate surface area is 167 Å². The Bertz CT molecular complexity index is 902. The Hall–Kier alpha value is -0.830. The highest BCUT2D eigenvalue weighted by atomic mass is 127. The van der Waals surface area contributed by atoms with Gasteiger partial charge in [-0.05, 0) is 70.9 Å². The van der Waals surface area contributed by atoms with Gasteiger partial charge in [0.05, 0.1) is 17.0 Å². The van der Waals surface area contributed by atoms with Gasteiger partial charge in [-0.3, -0.25) is 4.72 Å². The number of likely N-dealkylation sites (N-methyl/N-ethyl adjacent to an activating group) is 1. The van der Waals surface area contributed by atoms with E-state index in [0.29, 0.717) is 10.7 Å². The van der Waals surface area contributed by atoms with E-state index in [1.54, 1.807) is 0 Å². The number of benzene rings is 2. The van der Waals surface area contributed by atoms with Crippen LogP contribution in [0.25, 0.3) is 0 Å². The third kappa shape index (κ3) is 4.48. The highest BCUT2D eigenvalue weighted by Crippen LogP contribution is 2.37. The zero-order valence-corrected chi connectivity index (χ0v) is 17.8. The molecule has 0 bridgehead atoms. The predicted molar refractivity (Wildman–Crippen MR) is 112 cm³/mol. The quantitative estimate of drug-likeness (QED) is 0.663. The van der Waals surface area contributed by atoms with Gasteiger partial charge < -0.3 is 4.90 Å². The van der Waals surface area contributed by atoms with E-state index in [9.17, 15) is 8.42 Å². The molecule has 134 valence electrons. The van der Waals surface area contributed by atoms with E-state index >= 15 is 0 Å². The summed E-state index contributed by atoms with van der Waals surface area (Å²) in [7, 11) is -1.27. The summed E-state index contributed by atoms with van der Waals surface area (Å²) in [6, 6.07) is 12.1. The molecular formula is C18H20ClIN2O2S. The topological polar surface area (TPSA) is 49.4 Å². The number of nitrogens with zero attached hydrogens (tertiary/aromatic N) is 1. The molecule has 1 N–H and O–H groups in total. The Morgan fingerprint density at radius 1 is 1.24 bits per heavy atom. The van der Waals surface area contributed by atoms with Crippen LogP contribution in [0.3, 0.4) is 0 Å². The fourth-order valence-electron chi connectivity index (χ4n) is 3.29. The highest BCUT2D eigenvalue weighted by molar-refractivity contribution is 14.1. The molecule has 1 aliphatic heterocycles. The van der Waals surface area contributed by atoms with Crippen LogP contribution in [-0.2, 0) is 16.4 Å². The summed E-state index contributed by atoms with van der Waals surface area (Å²) >= 11 is 8.70. The lowest BCUT2D eigenvalue weighted by Crippen LogP contribution is -2.24. The van der Waals surface area contributed by atoms with E-state index in [4.69, 9.17) is 11.6 Å². The van der Waals surface area contributed by atoms with Crippen LogP contribution in [0.1, 0.15) is 22.6 Å². The first-order valence-corrected chi connectivity index (χ1v) is 11.3. The van der Waals surface area contributed by atoms with Crippen LogP contribution >= 0.6 is 34.2 Å².